The maximum absolute atomic E-state index is 12.5. The molecule has 6 heteroatoms. The monoisotopic (exact) mass is 383 g/mol. The van der Waals surface area contributed by atoms with Gasteiger partial charge in [-0.1, -0.05) is 36.4 Å². The standard InChI is InChI=1S/C22H29N3O3/c26-21(24-28)10-3-5-17-12-15-25(16-13-17)22(27)11-14-23-20-9-4-7-18-6-1-2-8-19(18)20/h1-2,4,6-9,17,23,28H,3,5,10-16H2,(H,24,26). The van der Waals surface area contributed by atoms with Crippen LogP contribution in [0.3, 0.4) is 0 Å². The highest BCUT2D eigenvalue weighted by molar-refractivity contribution is 5.93. The molecule has 0 aliphatic carbocycles. The number of rotatable bonds is 8. The number of anilines is 1. The van der Waals surface area contributed by atoms with Gasteiger partial charge in [0.2, 0.25) is 11.8 Å². The zero-order chi connectivity index (χ0) is 19.8. The summed E-state index contributed by atoms with van der Waals surface area (Å²) in [6, 6.07) is 14.4. The molecule has 2 aromatic carbocycles. The van der Waals surface area contributed by atoms with Gasteiger partial charge in [-0.3, -0.25) is 14.8 Å². The van der Waals surface area contributed by atoms with E-state index in [1.807, 2.05) is 23.1 Å². The first-order valence-corrected chi connectivity index (χ1v) is 10.1. The van der Waals surface area contributed by atoms with Gasteiger partial charge in [0.05, 0.1) is 0 Å². The van der Waals surface area contributed by atoms with Crippen molar-refractivity contribution in [1.29, 1.82) is 0 Å². The molecular formula is C22H29N3O3. The number of fused-ring (bicyclic) bond motifs is 1. The maximum atomic E-state index is 12.5. The van der Waals surface area contributed by atoms with Crippen molar-refractivity contribution in [3.8, 4) is 0 Å². The van der Waals surface area contributed by atoms with Crippen LogP contribution in [-0.4, -0.2) is 41.6 Å². The van der Waals surface area contributed by atoms with E-state index in [9.17, 15) is 9.59 Å². The Bertz CT molecular complexity index is 795. The summed E-state index contributed by atoms with van der Waals surface area (Å²) in [5.74, 6) is 0.432. The van der Waals surface area contributed by atoms with E-state index in [2.05, 4.69) is 29.6 Å². The van der Waals surface area contributed by atoms with Crippen LogP contribution in [0.4, 0.5) is 5.69 Å². The van der Waals surface area contributed by atoms with Crippen molar-refractivity contribution in [2.45, 2.75) is 38.5 Å². The highest BCUT2D eigenvalue weighted by atomic mass is 16.5. The first-order chi connectivity index (χ1) is 13.7. The highest BCUT2D eigenvalue weighted by Gasteiger charge is 2.22. The van der Waals surface area contributed by atoms with Crippen LogP contribution in [0, 0.1) is 5.92 Å². The van der Waals surface area contributed by atoms with Gasteiger partial charge in [-0.25, -0.2) is 5.48 Å². The molecule has 0 atom stereocenters. The summed E-state index contributed by atoms with van der Waals surface area (Å²) in [7, 11) is 0. The van der Waals surface area contributed by atoms with Crippen molar-refractivity contribution in [2.24, 2.45) is 5.92 Å². The van der Waals surface area contributed by atoms with E-state index < -0.39 is 0 Å². The predicted molar refractivity (Wildman–Crippen MR) is 110 cm³/mol. The predicted octanol–water partition coefficient (Wildman–Crippen LogP) is 3.56. The Morgan fingerprint density at radius 1 is 1.04 bits per heavy atom. The number of hydrogen-bond acceptors (Lipinski definition) is 4. The van der Waals surface area contributed by atoms with E-state index in [0.29, 0.717) is 25.3 Å². The molecule has 3 N–H and O–H groups in total. The molecule has 6 nitrogen and oxygen atoms in total. The lowest BCUT2D eigenvalue weighted by Crippen LogP contribution is -2.39. The molecule has 28 heavy (non-hydrogen) atoms. The Morgan fingerprint density at radius 2 is 1.79 bits per heavy atom. The smallest absolute Gasteiger partial charge is 0.243 e. The highest BCUT2D eigenvalue weighted by Crippen LogP contribution is 2.24. The average molecular weight is 383 g/mol. The van der Waals surface area contributed by atoms with Crippen LogP contribution in [-0.2, 0) is 9.59 Å². The summed E-state index contributed by atoms with van der Waals surface area (Å²) < 4.78 is 0. The van der Waals surface area contributed by atoms with Gasteiger partial charge in [0.25, 0.3) is 0 Å². The Morgan fingerprint density at radius 3 is 2.57 bits per heavy atom. The van der Waals surface area contributed by atoms with E-state index in [1.54, 1.807) is 5.48 Å². The molecule has 0 aromatic heterocycles. The molecule has 1 aliphatic heterocycles. The lowest BCUT2D eigenvalue weighted by molar-refractivity contribution is -0.132. The minimum Gasteiger partial charge on any atom is -0.384 e. The lowest BCUT2D eigenvalue weighted by Gasteiger charge is -2.32. The van der Waals surface area contributed by atoms with Crippen molar-refractivity contribution in [2.75, 3.05) is 25.0 Å². The molecule has 0 unspecified atom stereocenters. The molecule has 1 fully saturated rings. The van der Waals surface area contributed by atoms with Crippen LogP contribution < -0.4 is 10.8 Å². The summed E-state index contributed by atoms with van der Waals surface area (Å²) in [6.07, 6.45) is 4.57. The molecule has 2 aromatic rings. The van der Waals surface area contributed by atoms with Gasteiger partial charge in [-0.05, 0) is 43.1 Å². The Labute approximate surface area is 165 Å². The average Bonchev–Trinajstić information content (AvgIpc) is 2.74. The van der Waals surface area contributed by atoms with Gasteiger partial charge >= 0.3 is 0 Å². The van der Waals surface area contributed by atoms with Crippen molar-refractivity contribution in [3.05, 3.63) is 42.5 Å². The number of hydrogen-bond donors (Lipinski definition) is 3. The fourth-order valence-corrected chi connectivity index (χ4v) is 3.92. The SMILES string of the molecule is O=C(CCCC1CCN(C(=O)CCNc2cccc3ccccc23)CC1)NO. The molecule has 150 valence electrons. The first kappa shape index (κ1) is 20.1. The summed E-state index contributed by atoms with van der Waals surface area (Å²) in [4.78, 5) is 25.5. The van der Waals surface area contributed by atoms with Gasteiger partial charge in [0, 0.05) is 43.5 Å². The summed E-state index contributed by atoms with van der Waals surface area (Å²) >= 11 is 0. The van der Waals surface area contributed by atoms with E-state index in [4.69, 9.17) is 5.21 Å². The number of amides is 2. The number of piperidine rings is 1. The van der Waals surface area contributed by atoms with Gasteiger partial charge in [-0.15, -0.1) is 0 Å². The zero-order valence-corrected chi connectivity index (χ0v) is 16.2. The summed E-state index contributed by atoms with van der Waals surface area (Å²) in [5.41, 5.74) is 2.73. The normalized spacial score (nSPS) is 14.8. The van der Waals surface area contributed by atoms with Crippen LogP contribution >= 0.6 is 0 Å². The number of benzene rings is 2. The molecule has 0 spiro atoms. The third kappa shape index (κ3) is 5.45. The number of likely N-dealkylation sites (tertiary alicyclic amines) is 1. The molecule has 2 amide bonds. The number of nitrogens with one attached hydrogen (secondary N) is 2. The number of nitrogens with zero attached hydrogens (tertiary/aromatic N) is 1. The first-order valence-electron chi connectivity index (χ1n) is 10.1. The molecule has 0 saturated carbocycles. The van der Waals surface area contributed by atoms with E-state index in [0.717, 1.165) is 44.5 Å². The molecule has 0 radical (unpaired) electrons. The largest absolute Gasteiger partial charge is 0.384 e. The van der Waals surface area contributed by atoms with Crippen molar-refractivity contribution >= 4 is 28.3 Å². The van der Waals surface area contributed by atoms with Crippen molar-refractivity contribution in [1.82, 2.24) is 10.4 Å². The molecule has 1 saturated heterocycles. The second-order valence-electron chi connectivity index (χ2n) is 7.45. The van der Waals surface area contributed by atoms with E-state index >= 15 is 0 Å². The fraction of sp³-hybridized carbons (Fsp3) is 0.455. The number of carbonyl (C=O) groups excluding carboxylic acids is 2. The second kappa shape index (κ2) is 10.1. The minimum atomic E-state index is -0.327. The molecular weight excluding hydrogens is 354 g/mol. The third-order valence-corrected chi connectivity index (χ3v) is 5.55. The second-order valence-corrected chi connectivity index (χ2v) is 7.45. The van der Waals surface area contributed by atoms with Crippen LogP contribution in [0.5, 0.6) is 0 Å². The lowest BCUT2D eigenvalue weighted by atomic mass is 9.91. The third-order valence-electron chi connectivity index (χ3n) is 5.55. The molecule has 1 heterocycles. The zero-order valence-electron chi connectivity index (χ0n) is 16.2. The Balaban J connectivity index is 1.38. The van der Waals surface area contributed by atoms with Crippen LogP contribution in [0.2, 0.25) is 0 Å². The van der Waals surface area contributed by atoms with Crippen LogP contribution in [0.15, 0.2) is 42.5 Å². The van der Waals surface area contributed by atoms with Crippen LogP contribution in [0.1, 0.15) is 38.5 Å². The Kier molecular flexibility index (Phi) is 7.25. The van der Waals surface area contributed by atoms with Gasteiger partial charge in [0.1, 0.15) is 0 Å². The van der Waals surface area contributed by atoms with Gasteiger partial charge in [-0.2, -0.15) is 0 Å². The molecule has 0 bridgehead atoms. The van der Waals surface area contributed by atoms with E-state index in [-0.39, 0.29) is 11.8 Å². The minimum absolute atomic E-state index is 0.200. The number of carbonyl (C=O) groups is 2. The maximum Gasteiger partial charge on any atom is 0.243 e. The summed E-state index contributed by atoms with van der Waals surface area (Å²) in [6.45, 7) is 2.22. The quantitative estimate of drug-likeness (QED) is 0.481. The topological polar surface area (TPSA) is 81.7 Å². The molecule has 3 rings (SSSR count). The molecule has 1 aliphatic rings. The van der Waals surface area contributed by atoms with Crippen LogP contribution in [0.25, 0.3) is 10.8 Å². The van der Waals surface area contributed by atoms with Gasteiger partial charge in [0.15, 0.2) is 0 Å². The van der Waals surface area contributed by atoms with E-state index in [1.165, 1.54) is 10.8 Å². The fourth-order valence-electron chi connectivity index (χ4n) is 3.92. The Hall–Kier alpha value is -2.60. The van der Waals surface area contributed by atoms with Gasteiger partial charge < -0.3 is 10.2 Å². The summed E-state index contributed by atoms with van der Waals surface area (Å²) in [5, 5.41) is 14.3. The number of hydroxylamine groups is 1. The van der Waals surface area contributed by atoms with Crippen molar-refractivity contribution < 1.29 is 14.8 Å². The van der Waals surface area contributed by atoms with Crippen molar-refractivity contribution in [3.63, 3.8) is 0 Å².